The molecular weight excluding hydrogens is 250 g/mol. The van der Waals surface area contributed by atoms with Gasteiger partial charge in [0.15, 0.2) is 11.2 Å². The number of nitrogens with one attached hydrogen (secondary N) is 1. The smallest absolute Gasteiger partial charge is 0.360 e. The van der Waals surface area contributed by atoms with Crippen LogP contribution < -0.4 is 17.0 Å². The van der Waals surface area contributed by atoms with Crippen molar-refractivity contribution in [2.24, 2.45) is 0 Å². The normalized spacial score (nSPS) is 10.9. The number of fused-ring (bicyclic) bond motifs is 1. The third kappa shape index (κ3) is 1.50. The maximum atomic E-state index is 12.3. The highest BCUT2D eigenvalue weighted by Gasteiger charge is 2.16. The number of aromatic amines is 1. The van der Waals surface area contributed by atoms with E-state index in [1.54, 1.807) is 30.3 Å². The minimum atomic E-state index is -0.843. The summed E-state index contributed by atoms with van der Waals surface area (Å²) < 4.78 is 1.34. The van der Waals surface area contributed by atoms with Crippen molar-refractivity contribution in [3.63, 3.8) is 0 Å². The lowest BCUT2D eigenvalue weighted by atomic mass is 10.3. The van der Waals surface area contributed by atoms with E-state index in [1.807, 2.05) is 0 Å². The summed E-state index contributed by atoms with van der Waals surface area (Å²) in [5.74, 6) is -0.0782. The number of anilines is 1. The molecule has 1 aromatic carbocycles. The number of nitrogen functional groups attached to an aromatic ring is 1. The zero-order valence-corrected chi connectivity index (χ0v) is 9.57. The fraction of sp³-hybridized carbons (Fsp3) is 0. The van der Waals surface area contributed by atoms with E-state index in [4.69, 9.17) is 5.73 Å². The molecule has 3 aromatic rings. The Morgan fingerprint density at radius 3 is 2.58 bits per heavy atom. The molecule has 8 heteroatoms. The van der Waals surface area contributed by atoms with Crippen LogP contribution in [0.1, 0.15) is 0 Å². The Kier molecular flexibility index (Phi) is 2.18. The Hall–Kier alpha value is -3.03. The van der Waals surface area contributed by atoms with Gasteiger partial charge < -0.3 is 10.9 Å². The van der Waals surface area contributed by atoms with Crippen LogP contribution in [0.15, 0.2) is 39.9 Å². The van der Waals surface area contributed by atoms with Crippen LogP contribution in [0.2, 0.25) is 0 Å². The first kappa shape index (κ1) is 11.1. The zero-order valence-electron chi connectivity index (χ0n) is 9.57. The molecule has 0 aliphatic heterocycles. The molecule has 96 valence electrons. The number of imidazole rings is 1. The Bertz CT molecular complexity index is 875. The summed E-state index contributed by atoms with van der Waals surface area (Å²) in [5.41, 5.74) is 4.44. The van der Waals surface area contributed by atoms with Gasteiger partial charge in [0, 0.05) is 0 Å². The molecule has 19 heavy (non-hydrogen) atoms. The van der Waals surface area contributed by atoms with Crippen LogP contribution in [0.5, 0.6) is 0 Å². The third-order valence-corrected chi connectivity index (χ3v) is 2.73. The lowest BCUT2D eigenvalue weighted by Gasteiger charge is -2.08. The summed E-state index contributed by atoms with van der Waals surface area (Å²) in [6.07, 6.45) is 0. The van der Waals surface area contributed by atoms with Gasteiger partial charge >= 0.3 is 5.69 Å². The van der Waals surface area contributed by atoms with Gasteiger partial charge in [-0.05, 0) is 12.1 Å². The first-order valence-corrected chi connectivity index (χ1v) is 5.37. The van der Waals surface area contributed by atoms with Crippen molar-refractivity contribution in [1.29, 1.82) is 0 Å². The van der Waals surface area contributed by atoms with E-state index in [0.717, 1.165) is 4.57 Å². The Labute approximate surface area is 105 Å². The van der Waals surface area contributed by atoms with Crippen LogP contribution in [0.4, 0.5) is 5.95 Å². The maximum absolute atomic E-state index is 12.3. The molecule has 0 unspecified atom stereocenters. The predicted octanol–water partition coefficient (Wildman–Crippen LogP) is -0.305. The van der Waals surface area contributed by atoms with Crippen LogP contribution in [0, 0.1) is 0 Å². The molecule has 0 fully saturated rings. The van der Waals surface area contributed by atoms with Gasteiger partial charge in [-0.2, -0.15) is 4.98 Å². The van der Waals surface area contributed by atoms with E-state index in [1.165, 1.54) is 0 Å². The molecule has 2 heterocycles. The first-order chi connectivity index (χ1) is 9.09. The number of para-hydroxylation sites is 1. The molecule has 0 radical (unpaired) electrons. The minimum absolute atomic E-state index is 0.0535. The summed E-state index contributed by atoms with van der Waals surface area (Å²) in [6.45, 7) is 0. The second-order valence-corrected chi connectivity index (χ2v) is 3.89. The fourth-order valence-corrected chi connectivity index (χ4v) is 1.89. The molecule has 0 aliphatic carbocycles. The van der Waals surface area contributed by atoms with Crippen molar-refractivity contribution in [3.8, 4) is 5.69 Å². The minimum Gasteiger partial charge on any atom is -0.423 e. The van der Waals surface area contributed by atoms with Crippen molar-refractivity contribution in [3.05, 3.63) is 51.2 Å². The first-order valence-electron chi connectivity index (χ1n) is 5.37. The van der Waals surface area contributed by atoms with E-state index >= 15 is 0 Å². The molecule has 2 aromatic heterocycles. The molecule has 8 nitrogen and oxygen atoms in total. The quantitative estimate of drug-likeness (QED) is 0.518. The van der Waals surface area contributed by atoms with Gasteiger partial charge in [-0.15, -0.1) is 4.73 Å². The second kappa shape index (κ2) is 3.73. The average molecular weight is 259 g/mol. The summed E-state index contributed by atoms with van der Waals surface area (Å²) in [4.78, 5) is 29.7. The summed E-state index contributed by atoms with van der Waals surface area (Å²) in [7, 11) is 0. The van der Waals surface area contributed by atoms with Gasteiger partial charge in [-0.25, -0.2) is 9.36 Å². The number of rotatable bonds is 1. The van der Waals surface area contributed by atoms with Crippen molar-refractivity contribution >= 4 is 17.1 Å². The topological polar surface area (TPSA) is 119 Å². The van der Waals surface area contributed by atoms with Crippen molar-refractivity contribution in [2.45, 2.75) is 0 Å². The lowest BCUT2D eigenvalue weighted by Crippen LogP contribution is -2.25. The monoisotopic (exact) mass is 259 g/mol. The van der Waals surface area contributed by atoms with Crippen LogP contribution in [-0.2, 0) is 0 Å². The van der Waals surface area contributed by atoms with Gasteiger partial charge in [0.1, 0.15) is 0 Å². The van der Waals surface area contributed by atoms with Crippen LogP contribution >= 0.6 is 0 Å². The van der Waals surface area contributed by atoms with E-state index in [9.17, 15) is 14.8 Å². The van der Waals surface area contributed by atoms with E-state index in [2.05, 4.69) is 9.97 Å². The number of H-pyrrole nitrogens is 1. The molecule has 3 rings (SSSR count). The molecule has 4 N–H and O–H groups in total. The number of hydrogen-bond donors (Lipinski definition) is 3. The number of nitrogens with two attached hydrogens (primary N) is 1. The highest BCUT2D eigenvalue weighted by Crippen LogP contribution is 2.11. The lowest BCUT2D eigenvalue weighted by molar-refractivity contribution is 0.187. The predicted molar refractivity (Wildman–Crippen MR) is 67.5 cm³/mol. The Morgan fingerprint density at radius 2 is 1.89 bits per heavy atom. The summed E-state index contributed by atoms with van der Waals surface area (Å²) in [6, 6.07) is 8.58. The zero-order chi connectivity index (χ0) is 13.6. The number of hydrogen-bond acceptors (Lipinski definition) is 5. The summed E-state index contributed by atoms with van der Waals surface area (Å²) in [5, 5.41) is 9.52. The average Bonchev–Trinajstić information content (AvgIpc) is 2.66. The van der Waals surface area contributed by atoms with Crippen LogP contribution in [-0.4, -0.2) is 24.5 Å². The highest BCUT2D eigenvalue weighted by atomic mass is 16.5. The molecule has 0 saturated carbocycles. The maximum Gasteiger partial charge on any atom is 0.360 e. The van der Waals surface area contributed by atoms with Crippen LogP contribution in [0.3, 0.4) is 0 Å². The standard InChI is InChI=1S/C11H9N5O3/c12-10-13-8-7(16(19)11(18)14-8)9(17)15(10)6-4-2-1-3-5-6/h1-5,19H,(H2,12,13)(H,14,18). The van der Waals surface area contributed by atoms with Crippen molar-refractivity contribution < 1.29 is 5.21 Å². The molecule has 0 atom stereocenters. The van der Waals surface area contributed by atoms with Gasteiger partial charge in [0.05, 0.1) is 5.69 Å². The van der Waals surface area contributed by atoms with Crippen LogP contribution in [0.25, 0.3) is 16.9 Å². The molecule has 0 bridgehead atoms. The molecular formula is C11H9N5O3. The number of aromatic nitrogens is 4. The van der Waals surface area contributed by atoms with E-state index < -0.39 is 11.2 Å². The van der Waals surface area contributed by atoms with Crippen molar-refractivity contribution in [1.82, 2.24) is 19.3 Å². The molecule has 0 saturated heterocycles. The molecule has 0 amide bonds. The van der Waals surface area contributed by atoms with Gasteiger partial charge in [-0.1, -0.05) is 18.2 Å². The number of nitrogens with zero attached hydrogens (tertiary/aromatic N) is 3. The highest BCUT2D eigenvalue weighted by molar-refractivity contribution is 5.71. The third-order valence-electron chi connectivity index (χ3n) is 2.73. The van der Waals surface area contributed by atoms with Gasteiger partial charge in [0.2, 0.25) is 5.95 Å². The SMILES string of the molecule is Nc1nc2[nH]c(=O)n(O)c2c(=O)n1-c1ccccc1. The van der Waals surface area contributed by atoms with E-state index in [-0.39, 0.29) is 21.8 Å². The largest absolute Gasteiger partial charge is 0.423 e. The Morgan fingerprint density at radius 1 is 1.21 bits per heavy atom. The fourth-order valence-electron chi connectivity index (χ4n) is 1.89. The van der Waals surface area contributed by atoms with Gasteiger partial charge in [-0.3, -0.25) is 9.78 Å². The van der Waals surface area contributed by atoms with E-state index in [0.29, 0.717) is 5.69 Å². The van der Waals surface area contributed by atoms with Crippen molar-refractivity contribution in [2.75, 3.05) is 5.73 Å². The molecule has 0 spiro atoms. The Balaban J connectivity index is 2.48. The van der Waals surface area contributed by atoms with Gasteiger partial charge in [0.25, 0.3) is 5.56 Å². The number of benzene rings is 1. The molecule has 0 aliphatic rings. The second-order valence-electron chi connectivity index (χ2n) is 3.89. The summed E-state index contributed by atoms with van der Waals surface area (Å²) >= 11 is 0.